The maximum absolute atomic E-state index is 10.6. The number of carboxylic acid groups (broad SMARTS) is 1. The van der Waals surface area contributed by atoms with Gasteiger partial charge in [0.15, 0.2) is 6.61 Å². The third-order valence-electron chi connectivity index (χ3n) is 0.802. The summed E-state index contributed by atoms with van der Waals surface area (Å²) in [5.41, 5.74) is 0. The number of ether oxygens (including phenoxy) is 1. The van der Waals surface area contributed by atoms with Crippen molar-refractivity contribution in [2.24, 2.45) is 0 Å². The van der Waals surface area contributed by atoms with Crippen molar-refractivity contribution in [1.29, 1.82) is 0 Å². The van der Waals surface area contributed by atoms with Gasteiger partial charge in [0, 0.05) is 0 Å². The van der Waals surface area contributed by atoms with Gasteiger partial charge in [0.1, 0.15) is 0 Å². The van der Waals surface area contributed by atoms with Gasteiger partial charge in [-0.15, -0.1) is 0 Å². The van der Waals surface area contributed by atoms with E-state index in [2.05, 4.69) is 4.74 Å². The van der Waals surface area contributed by atoms with Crippen molar-refractivity contribution < 1.29 is 19.4 Å². The van der Waals surface area contributed by atoms with Crippen LogP contribution < -0.4 is 0 Å². The van der Waals surface area contributed by atoms with E-state index in [1.807, 2.05) is 0 Å². The van der Waals surface area contributed by atoms with Crippen LogP contribution in [-0.4, -0.2) is 49.2 Å². The highest BCUT2D eigenvalue weighted by Crippen LogP contribution is 1.81. The van der Waals surface area contributed by atoms with Crippen LogP contribution in [0.2, 0.25) is 0 Å². The summed E-state index contributed by atoms with van der Waals surface area (Å²) < 4.78 is 4.33. The van der Waals surface area contributed by atoms with Gasteiger partial charge in [0.05, 0.1) is 6.54 Å². The quantitative estimate of drug-likeness (QED) is 0.545. The predicted octanol–water partition coefficient (Wildman–Crippen LogP) is -0.824. The lowest BCUT2D eigenvalue weighted by Crippen LogP contribution is -2.25. The zero-order valence-electron chi connectivity index (χ0n) is 6.53. The lowest BCUT2D eigenvalue weighted by atomic mass is 10.6. The number of esters is 1. The van der Waals surface area contributed by atoms with Gasteiger partial charge < -0.3 is 9.84 Å². The largest absolute Gasteiger partial charge is 0.479 e. The molecule has 0 aromatic heterocycles. The third kappa shape index (κ3) is 6.79. The molecular weight excluding hydrogens is 150 g/mol. The number of aliphatic carboxylic acids is 1. The Balaban J connectivity index is 3.45. The summed E-state index contributed by atoms with van der Waals surface area (Å²) in [6.45, 7) is -0.458. The molecule has 0 saturated heterocycles. The van der Waals surface area contributed by atoms with E-state index < -0.39 is 18.5 Å². The van der Waals surface area contributed by atoms with Gasteiger partial charge in [0.2, 0.25) is 0 Å². The highest BCUT2D eigenvalue weighted by Gasteiger charge is 2.05. The van der Waals surface area contributed by atoms with E-state index in [1.165, 1.54) is 0 Å². The zero-order valence-corrected chi connectivity index (χ0v) is 6.53. The Labute approximate surface area is 64.6 Å². The fraction of sp³-hybridized carbons (Fsp3) is 0.667. The SMILES string of the molecule is CN(C)CC(=O)OCC(=O)O. The minimum atomic E-state index is -1.14. The minimum absolute atomic E-state index is 0.104. The first kappa shape index (κ1) is 9.90. The predicted molar refractivity (Wildman–Crippen MR) is 37.1 cm³/mol. The third-order valence-corrected chi connectivity index (χ3v) is 0.802. The minimum Gasteiger partial charge on any atom is -0.479 e. The van der Waals surface area contributed by atoms with Crippen LogP contribution >= 0.6 is 0 Å². The first-order chi connectivity index (χ1) is 5.02. The molecule has 0 radical (unpaired) electrons. The number of carbonyl (C=O) groups is 2. The van der Waals surface area contributed by atoms with Crippen molar-refractivity contribution in [2.45, 2.75) is 0 Å². The van der Waals surface area contributed by atoms with Crippen LogP contribution in [0.1, 0.15) is 0 Å². The second-order valence-electron chi connectivity index (χ2n) is 2.29. The maximum Gasteiger partial charge on any atom is 0.341 e. The van der Waals surface area contributed by atoms with Crippen molar-refractivity contribution in [3.63, 3.8) is 0 Å². The van der Waals surface area contributed by atoms with E-state index in [9.17, 15) is 9.59 Å². The number of rotatable bonds is 4. The van der Waals surface area contributed by atoms with Gasteiger partial charge in [-0.1, -0.05) is 0 Å². The van der Waals surface area contributed by atoms with Crippen LogP contribution in [0.4, 0.5) is 0 Å². The number of carbonyl (C=O) groups excluding carboxylic acids is 1. The molecule has 0 saturated carbocycles. The topological polar surface area (TPSA) is 66.8 Å². The molecule has 1 N–H and O–H groups in total. The Hall–Kier alpha value is -1.10. The molecule has 0 fully saturated rings. The van der Waals surface area contributed by atoms with Gasteiger partial charge >= 0.3 is 11.9 Å². The molecule has 0 aliphatic carbocycles. The molecule has 11 heavy (non-hydrogen) atoms. The average molecular weight is 161 g/mol. The smallest absolute Gasteiger partial charge is 0.341 e. The van der Waals surface area contributed by atoms with E-state index in [1.54, 1.807) is 19.0 Å². The van der Waals surface area contributed by atoms with Crippen molar-refractivity contribution in [2.75, 3.05) is 27.2 Å². The Kier molecular flexibility index (Phi) is 4.21. The van der Waals surface area contributed by atoms with E-state index in [-0.39, 0.29) is 6.54 Å². The lowest BCUT2D eigenvalue weighted by Gasteiger charge is -2.07. The van der Waals surface area contributed by atoms with Crippen molar-refractivity contribution in [3.05, 3.63) is 0 Å². The van der Waals surface area contributed by atoms with Gasteiger partial charge in [-0.2, -0.15) is 0 Å². The van der Waals surface area contributed by atoms with Crippen LogP contribution in [-0.2, 0) is 14.3 Å². The Morgan fingerprint density at radius 1 is 1.45 bits per heavy atom. The summed E-state index contributed by atoms with van der Waals surface area (Å²) in [7, 11) is 3.39. The van der Waals surface area contributed by atoms with Gasteiger partial charge in [-0.05, 0) is 14.1 Å². The monoisotopic (exact) mass is 161 g/mol. The Morgan fingerprint density at radius 2 is 2.00 bits per heavy atom. The molecular formula is C6H11NO4. The highest BCUT2D eigenvalue weighted by molar-refractivity contribution is 5.76. The van der Waals surface area contributed by atoms with Crippen molar-refractivity contribution in [3.8, 4) is 0 Å². The second-order valence-corrected chi connectivity index (χ2v) is 2.29. The molecule has 0 spiro atoms. The van der Waals surface area contributed by atoms with Crippen LogP contribution in [0.5, 0.6) is 0 Å². The second kappa shape index (κ2) is 4.68. The lowest BCUT2D eigenvalue weighted by molar-refractivity contribution is -0.155. The van der Waals surface area contributed by atoms with Crippen molar-refractivity contribution in [1.82, 2.24) is 4.90 Å². The number of nitrogens with zero attached hydrogens (tertiary/aromatic N) is 1. The Bertz CT molecular complexity index is 155. The fourth-order valence-corrected chi connectivity index (χ4v) is 0.446. The van der Waals surface area contributed by atoms with Gasteiger partial charge in [-0.25, -0.2) is 4.79 Å². The number of hydrogen-bond donors (Lipinski definition) is 1. The summed E-state index contributed by atoms with van der Waals surface area (Å²) in [6, 6.07) is 0. The molecule has 0 amide bonds. The van der Waals surface area contributed by atoms with Crippen LogP contribution in [0.15, 0.2) is 0 Å². The van der Waals surface area contributed by atoms with Crippen molar-refractivity contribution >= 4 is 11.9 Å². The van der Waals surface area contributed by atoms with E-state index in [0.717, 1.165) is 0 Å². The fourth-order valence-electron chi connectivity index (χ4n) is 0.446. The normalized spacial score (nSPS) is 9.73. The van der Waals surface area contributed by atoms with Crippen LogP contribution in [0.3, 0.4) is 0 Å². The molecule has 5 nitrogen and oxygen atoms in total. The summed E-state index contributed by atoms with van der Waals surface area (Å²) in [6.07, 6.45) is 0. The summed E-state index contributed by atoms with van der Waals surface area (Å²) in [4.78, 5) is 22.1. The van der Waals surface area contributed by atoms with E-state index in [0.29, 0.717) is 0 Å². The molecule has 0 aromatic rings. The van der Waals surface area contributed by atoms with E-state index >= 15 is 0 Å². The maximum atomic E-state index is 10.6. The molecule has 0 atom stereocenters. The summed E-state index contributed by atoms with van der Waals surface area (Å²) in [5, 5.41) is 8.11. The number of likely N-dealkylation sites (N-methyl/N-ethyl adjacent to an activating group) is 1. The molecule has 0 rings (SSSR count). The zero-order chi connectivity index (χ0) is 8.85. The van der Waals surface area contributed by atoms with E-state index in [4.69, 9.17) is 5.11 Å². The molecule has 0 aliphatic heterocycles. The molecule has 0 aliphatic rings. The molecule has 0 bridgehead atoms. The molecule has 0 aromatic carbocycles. The number of hydrogen-bond acceptors (Lipinski definition) is 4. The molecule has 0 unspecified atom stereocenters. The molecule has 5 heteroatoms. The number of carboxylic acids is 1. The van der Waals surface area contributed by atoms with Gasteiger partial charge in [0.25, 0.3) is 0 Å². The Morgan fingerprint density at radius 3 is 2.36 bits per heavy atom. The summed E-state index contributed by atoms with van der Waals surface area (Å²) in [5.74, 6) is -1.67. The first-order valence-electron chi connectivity index (χ1n) is 3.04. The molecule has 0 heterocycles. The molecule has 64 valence electrons. The summed E-state index contributed by atoms with van der Waals surface area (Å²) >= 11 is 0. The van der Waals surface area contributed by atoms with Gasteiger partial charge in [-0.3, -0.25) is 9.69 Å². The van der Waals surface area contributed by atoms with Crippen LogP contribution in [0, 0.1) is 0 Å². The van der Waals surface area contributed by atoms with Crippen LogP contribution in [0.25, 0.3) is 0 Å². The standard InChI is InChI=1S/C6H11NO4/c1-7(2)3-6(10)11-4-5(8)9/h3-4H2,1-2H3,(H,8,9). The first-order valence-corrected chi connectivity index (χ1v) is 3.04. The average Bonchev–Trinajstić information content (AvgIpc) is 1.82. The highest BCUT2D eigenvalue weighted by atomic mass is 16.5.